The summed E-state index contributed by atoms with van der Waals surface area (Å²) in [7, 11) is 3.60. The lowest BCUT2D eigenvalue weighted by atomic mass is 9.93. The van der Waals surface area contributed by atoms with E-state index in [2.05, 4.69) is 50.9 Å². The lowest BCUT2D eigenvalue weighted by molar-refractivity contribution is -0.121. The van der Waals surface area contributed by atoms with Gasteiger partial charge >= 0.3 is 0 Å². The number of nitrogens with zero attached hydrogens (tertiary/aromatic N) is 2. The van der Waals surface area contributed by atoms with Crippen LogP contribution < -0.4 is 10.6 Å². The normalized spacial score (nSPS) is 20.2. The van der Waals surface area contributed by atoms with Crippen molar-refractivity contribution in [3.8, 4) is 0 Å². The Morgan fingerprint density at radius 2 is 1.89 bits per heavy atom. The van der Waals surface area contributed by atoms with E-state index in [0.29, 0.717) is 12.3 Å². The molecule has 1 heterocycles. The highest BCUT2D eigenvalue weighted by molar-refractivity contribution is 8.00. The van der Waals surface area contributed by atoms with E-state index < -0.39 is 0 Å². The van der Waals surface area contributed by atoms with E-state index in [-0.39, 0.29) is 10.7 Å². The average molecular weight is 403 g/mol. The summed E-state index contributed by atoms with van der Waals surface area (Å²) >= 11 is 2.03. The van der Waals surface area contributed by atoms with Gasteiger partial charge in [0.25, 0.3) is 0 Å². The minimum atomic E-state index is 0.155. The maximum absolute atomic E-state index is 11.6. The molecule has 1 saturated carbocycles. The summed E-state index contributed by atoms with van der Waals surface area (Å²) in [6.45, 7) is 2.90. The topological polar surface area (TPSA) is 56.7 Å². The number of guanidine groups is 1. The fourth-order valence-electron chi connectivity index (χ4n) is 4.36. The number of carbonyl (C=O) groups excluding carboxylic acids is 1. The van der Waals surface area contributed by atoms with E-state index in [1.165, 1.54) is 30.6 Å². The van der Waals surface area contributed by atoms with E-state index in [9.17, 15) is 4.79 Å². The van der Waals surface area contributed by atoms with Crippen LogP contribution in [0.4, 0.5) is 0 Å². The molecule has 1 aliphatic carbocycles. The second-order valence-corrected chi connectivity index (χ2v) is 9.56. The highest BCUT2D eigenvalue weighted by Crippen LogP contribution is 2.44. The van der Waals surface area contributed by atoms with E-state index in [1.807, 2.05) is 18.8 Å². The van der Waals surface area contributed by atoms with Crippen LogP contribution in [0, 0.1) is 5.92 Å². The summed E-state index contributed by atoms with van der Waals surface area (Å²) < 4.78 is 0.259. The summed E-state index contributed by atoms with van der Waals surface area (Å²) in [6, 6.07) is 10.8. The molecule has 0 aromatic heterocycles. The van der Waals surface area contributed by atoms with Gasteiger partial charge in [-0.15, -0.1) is 11.8 Å². The molecule has 3 rings (SSSR count). The Morgan fingerprint density at radius 3 is 2.50 bits per heavy atom. The Kier molecular flexibility index (Phi) is 7.65. The fraction of sp³-hybridized carbons (Fsp3) is 0.636. The summed E-state index contributed by atoms with van der Waals surface area (Å²) in [5.41, 5.74) is 0. The molecule has 28 heavy (non-hydrogen) atoms. The molecule has 0 bridgehead atoms. The molecule has 0 spiro atoms. The number of likely N-dealkylation sites (tertiary alicyclic amines) is 1. The smallest absolute Gasteiger partial charge is 0.220 e. The van der Waals surface area contributed by atoms with Crippen molar-refractivity contribution in [1.29, 1.82) is 0 Å². The predicted octanol–water partition coefficient (Wildman–Crippen LogP) is 3.52. The van der Waals surface area contributed by atoms with E-state index >= 15 is 0 Å². The van der Waals surface area contributed by atoms with Crippen LogP contribution in [0.25, 0.3) is 0 Å². The summed E-state index contributed by atoms with van der Waals surface area (Å²) in [5, 5.41) is 6.43. The van der Waals surface area contributed by atoms with E-state index in [1.54, 1.807) is 7.05 Å². The van der Waals surface area contributed by atoms with Crippen molar-refractivity contribution in [3.63, 3.8) is 0 Å². The Hall–Kier alpha value is -1.69. The van der Waals surface area contributed by atoms with Gasteiger partial charge in [0, 0.05) is 49.8 Å². The SMILES string of the molecule is CN=C(NCC1(Sc2ccccc2)CCCC1)N1CCC(CC(=O)NC)CC1. The Bertz CT molecular complexity index is 650. The molecule has 2 fully saturated rings. The molecular formula is C22H34N4OS. The van der Waals surface area contributed by atoms with Gasteiger partial charge in [-0.2, -0.15) is 0 Å². The number of nitrogens with one attached hydrogen (secondary N) is 2. The van der Waals surface area contributed by atoms with E-state index in [0.717, 1.165) is 38.4 Å². The number of hydrogen-bond acceptors (Lipinski definition) is 3. The fourth-order valence-corrected chi connectivity index (χ4v) is 5.79. The standard InChI is InChI=1S/C22H34N4OS/c1-23-20(27)16-18-10-14-26(15-11-18)21(24-2)25-17-22(12-6-7-13-22)28-19-8-4-3-5-9-19/h3-5,8-9,18H,6-7,10-17H2,1-2H3,(H,23,27)(H,24,25). The van der Waals surface area contributed by atoms with Crippen molar-refractivity contribution < 1.29 is 4.79 Å². The van der Waals surface area contributed by atoms with Gasteiger partial charge in [-0.05, 0) is 43.7 Å². The second-order valence-electron chi connectivity index (χ2n) is 8.01. The Morgan fingerprint density at radius 1 is 1.21 bits per heavy atom. The van der Waals surface area contributed by atoms with Crippen LogP contribution in [-0.2, 0) is 4.79 Å². The van der Waals surface area contributed by atoms with Crippen LogP contribution in [0.1, 0.15) is 44.9 Å². The average Bonchev–Trinajstić information content (AvgIpc) is 3.18. The molecule has 1 aromatic carbocycles. The van der Waals surface area contributed by atoms with Crippen molar-refractivity contribution >= 4 is 23.6 Å². The van der Waals surface area contributed by atoms with Gasteiger partial charge in [-0.3, -0.25) is 9.79 Å². The molecule has 2 aliphatic rings. The minimum Gasteiger partial charge on any atom is -0.359 e. The first-order chi connectivity index (χ1) is 13.6. The van der Waals surface area contributed by atoms with Crippen molar-refractivity contribution in [2.45, 2.75) is 54.6 Å². The van der Waals surface area contributed by atoms with Crippen LogP contribution in [0.3, 0.4) is 0 Å². The minimum absolute atomic E-state index is 0.155. The molecule has 0 unspecified atom stereocenters. The van der Waals surface area contributed by atoms with Crippen molar-refractivity contribution in [1.82, 2.24) is 15.5 Å². The third-order valence-electron chi connectivity index (χ3n) is 6.04. The molecular weight excluding hydrogens is 368 g/mol. The van der Waals surface area contributed by atoms with Gasteiger partial charge < -0.3 is 15.5 Å². The maximum atomic E-state index is 11.6. The number of benzene rings is 1. The number of carbonyl (C=O) groups is 1. The van der Waals surface area contributed by atoms with Gasteiger partial charge in [0.1, 0.15) is 0 Å². The number of rotatable bonds is 6. The first-order valence-corrected chi connectivity index (χ1v) is 11.4. The predicted molar refractivity (Wildman–Crippen MR) is 118 cm³/mol. The summed E-state index contributed by atoms with van der Waals surface area (Å²) in [4.78, 5) is 19.9. The Labute approximate surface area is 173 Å². The molecule has 1 saturated heterocycles. The van der Waals surface area contributed by atoms with Crippen LogP contribution in [0.15, 0.2) is 40.2 Å². The van der Waals surface area contributed by atoms with Gasteiger partial charge in [-0.1, -0.05) is 31.0 Å². The van der Waals surface area contributed by atoms with Crippen molar-refractivity contribution in [3.05, 3.63) is 30.3 Å². The molecule has 1 aromatic rings. The molecule has 0 radical (unpaired) electrons. The van der Waals surface area contributed by atoms with Crippen molar-refractivity contribution in [2.75, 3.05) is 33.7 Å². The van der Waals surface area contributed by atoms with Crippen LogP contribution >= 0.6 is 11.8 Å². The monoisotopic (exact) mass is 402 g/mol. The first kappa shape index (κ1) is 21.0. The molecule has 1 amide bonds. The van der Waals surface area contributed by atoms with Crippen LogP contribution in [0.5, 0.6) is 0 Å². The summed E-state index contributed by atoms with van der Waals surface area (Å²) in [6.07, 6.45) is 7.88. The third-order valence-corrected chi connectivity index (χ3v) is 7.53. The van der Waals surface area contributed by atoms with Crippen LogP contribution in [-0.4, -0.2) is 55.2 Å². The molecule has 2 N–H and O–H groups in total. The number of thioether (sulfide) groups is 1. The van der Waals surface area contributed by atoms with E-state index in [4.69, 9.17) is 0 Å². The summed E-state index contributed by atoms with van der Waals surface area (Å²) in [5.74, 6) is 1.66. The van der Waals surface area contributed by atoms with Gasteiger partial charge in [0.15, 0.2) is 5.96 Å². The zero-order valence-corrected chi connectivity index (χ0v) is 18.1. The molecule has 154 valence electrons. The first-order valence-electron chi connectivity index (χ1n) is 10.5. The molecule has 1 aliphatic heterocycles. The number of hydrogen-bond donors (Lipinski definition) is 2. The molecule has 6 heteroatoms. The lowest BCUT2D eigenvalue weighted by Crippen LogP contribution is -2.49. The lowest BCUT2D eigenvalue weighted by Gasteiger charge is -2.36. The zero-order chi connectivity index (χ0) is 19.8. The maximum Gasteiger partial charge on any atom is 0.220 e. The quantitative estimate of drug-likeness (QED) is 0.565. The largest absolute Gasteiger partial charge is 0.359 e. The zero-order valence-electron chi connectivity index (χ0n) is 17.2. The second kappa shape index (κ2) is 10.2. The van der Waals surface area contributed by atoms with Gasteiger partial charge in [0.2, 0.25) is 5.91 Å². The van der Waals surface area contributed by atoms with Gasteiger partial charge in [-0.25, -0.2) is 0 Å². The van der Waals surface area contributed by atoms with Crippen molar-refractivity contribution in [2.24, 2.45) is 10.9 Å². The number of piperidine rings is 1. The molecule has 5 nitrogen and oxygen atoms in total. The molecule has 0 atom stereocenters. The van der Waals surface area contributed by atoms with Gasteiger partial charge in [0.05, 0.1) is 0 Å². The van der Waals surface area contributed by atoms with Crippen LogP contribution in [0.2, 0.25) is 0 Å². The third kappa shape index (κ3) is 5.66. The number of aliphatic imine (C=N–C) groups is 1. The highest BCUT2D eigenvalue weighted by atomic mass is 32.2. The number of amides is 1. The highest BCUT2D eigenvalue weighted by Gasteiger charge is 2.35. The Balaban J connectivity index is 1.53.